The monoisotopic (exact) mass is 186 g/mol. The number of nitrogens with zero attached hydrogens (tertiary/aromatic N) is 1. The number of hydrogen-bond acceptors (Lipinski definition) is 1. The molecule has 0 saturated carbocycles. The van der Waals surface area contributed by atoms with Gasteiger partial charge in [0.25, 0.3) is 0 Å². The van der Waals surface area contributed by atoms with Gasteiger partial charge in [-0.2, -0.15) is 5.06 Å². The van der Waals surface area contributed by atoms with Crippen molar-refractivity contribution < 1.29 is 5.21 Å². The van der Waals surface area contributed by atoms with Crippen LogP contribution in [-0.4, -0.2) is 18.7 Å². The van der Waals surface area contributed by atoms with Gasteiger partial charge in [-0.15, -0.1) is 5.21 Å². The van der Waals surface area contributed by atoms with Gasteiger partial charge in [-0.05, 0) is 23.7 Å². The molecule has 0 aromatic rings. The van der Waals surface area contributed by atoms with Crippen molar-refractivity contribution in [2.45, 2.75) is 47.5 Å². The first-order valence-corrected chi connectivity index (χ1v) is 5.01. The third-order valence-corrected chi connectivity index (χ3v) is 2.20. The molecule has 0 rings (SSSR count). The zero-order valence-electron chi connectivity index (χ0n) is 9.98. The lowest BCUT2D eigenvalue weighted by Gasteiger charge is -2.29. The lowest BCUT2D eigenvalue weighted by Crippen LogP contribution is -2.29. The summed E-state index contributed by atoms with van der Waals surface area (Å²) in [7, 11) is 1.60. The van der Waals surface area contributed by atoms with Gasteiger partial charge in [-0.25, -0.2) is 0 Å². The predicted molar refractivity (Wildman–Crippen MR) is 55.8 cm³/mol. The van der Waals surface area contributed by atoms with Crippen LogP contribution >= 0.6 is 0 Å². The Morgan fingerprint density at radius 2 is 1.46 bits per heavy atom. The molecule has 0 saturated heterocycles. The minimum atomic E-state index is 0.143. The largest absolute Gasteiger partial charge is 0.158 e. The molecule has 0 amide bonds. The molecule has 0 N–H and O–H groups in total. The zero-order valence-corrected chi connectivity index (χ0v) is 9.98. The van der Waals surface area contributed by atoms with Crippen molar-refractivity contribution in [2.24, 2.45) is 10.8 Å². The van der Waals surface area contributed by atoms with Gasteiger partial charge in [0.2, 0.25) is 0 Å². The van der Waals surface area contributed by atoms with Crippen molar-refractivity contribution in [1.29, 1.82) is 0 Å². The minimum Gasteiger partial charge on any atom is -0.158 e. The van der Waals surface area contributed by atoms with Crippen LogP contribution in [0.15, 0.2) is 0 Å². The summed E-state index contributed by atoms with van der Waals surface area (Å²) in [6.07, 6.45) is 2.29. The van der Waals surface area contributed by atoms with Gasteiger partial charge < -0.3 is 0 Å². The molecule has 1 radical (unpaired) electrons. The summed E-state index contributed by atoms with van der Waals surface area (Å²) in [6.45, 7) is 11.7. The Bertz CT molecular complexity index is 145. The highest BCUT2D eigenvalue weighted by Gasteiger charge is 2.22. The molecule has 0 heterocycles. The van der Waals surface area contributed by atoms with E-state index in [-0.39, 0.29) is 5.41 Å². The summed E-state index contributed by atoms with van der Waals surface area (Å²) in [4.78, 5) is 0. The van der Waals surface area contributed by atoms with Crippen LogP contribution in [0.25, 0.3) is 0 Å². The van der Waals surface area contributed by atoms with Gasteiger partial charge in [-0.3, -0.25) is 0 Å². The van der Waals surface area contributed by atoms with Gasteiger partial charge in [0, 0.05) is 13.6 Å². The van der Waals surface area contributed by atoms with Crippen LogP contribution in [0.2, 0.25) is 0 Å². The fraction of sp³-hybridized carbons (Fsp3) is 1.00. The normalized spacial score (nSPS) is 13.8. The Morgan fingerprint density at radius 1 is 1.00 bits per heavy atom. The van der Waals surface area contributed by atoms with E-state index in [4.69, 9.17) is 0 Å². The quantitative estimate of drug-likeness (QED) is 0.619. The van der Waals surface area contributed by atoms with E-state index in [9.17, 15) is 5.21 Å². The number of rotatable bonds is 4. The van der Waals surface area contributed by atoms with Crippen LogP contribution in [0, 0.1) is 10.8 Å². The first kappa shape index (κ1) is 12.9. The molecule has 0 fully saturated rings. The minimum absolute atomic E-state index is 0.143. The van der Waals surface area contributed by atoms with Crippen molar-refractivity contribution in [3.63, 3.8) is 0 Å². The fourth-order valence-corrected chi connectivity index (χ4v) is 1.40. The Morgan fingerprint density at radius 3 is 1.77 bits per heavy atom. The predicted octanol–water partition coefficient (Wildman–Crippen LogP) is 3.12. The zero-order chi connectivity index (χ0) is 10.7. The molecular weight excluding hydrogens is 162 g/mol. The molecule has 79 valence electrons. The molecule has 0 unspecified atom stereocenters. The van der Waals surface area contributed by atoms with Crippen LogP contribution < -0.4 is 0 Å². The van der Waals surface area contributed by atoms with Crippen LogP contribution in [-0.2, 0) is 5.21 Å². The molecule has 0 aliphatic carbocycles. The van der Waals surface area contributed by atoms with E-state index in [0.717, 1.165) is 11.5 Å². The molecule has 0 aromatic heterocycles. The van der Waals surface area contributed by atoms with Gasteiger partial charge >= 0.3 is 0 Å². The van der Waals surface area contributed by atoms with Gasteiger partial charge in [0.1, 0.15) is 0 Å². The topological polar surface area (TPSA) is 23.1 Å². The SMILES string of the molecule is CN([O])CC(C)(C)CCC(C)(C)C. The maximum Gasteiger partial charge on any atom is 0.0319 e. The van der Waals surface area contributed by atoms with E-state index in [2.05, 4.69) is 34.6 Å². The van der Waals surface area contributed by atoms with Crippen molar-refractivity contribution in [2.75, 3.05) is 13.6 Å². The van der Waals surface area contributed by atoms with Crippen molar-refractivity contribution in [3.05, 3.63) is 0 Å². The number of hydrogen-bond donors (Lipinski definition) is 0. The van der Waals surface area contributed by atoms with E-state index < -0.39 is 0 Å². The molecule has 0 bridgehead atoms. The summed E-state index contributed by atoms with van der Waals surface area (Å²) in [6, 6.07) is 0. The smallest absolute Gasteiger partial charge is 0.0319 e. The highest BCUT2D eigenvalue weighted by atomic mass is 16.5. The van der Waals surface area contributed by atoms with Gasteiger partial charge in [0.05, 0.1) is 0 Å². The lowest BCUT2D eigenvalue weighted by molar-refractivity contribution is -0.153. The molecule has 0 aliphatic heterocycles. The average Bonchev–Trinajstić information content (AvgIpc) is 1.79. The van der Waals surface area contributed by atoms with Gasteiger partial charge in [-0.1, -0.05) is 34.6 Å². The summed E-state index contributed by atoms with van der Waals surface area (Å²) in [5, 5.41) is 11.9. The molecule has 2 heteroatoms. The maximum atomic E-state index is 10.9. The second kappa shape index (κ2) is 4.43. The molecule has 0 aliphatic rings. The van der Waals surface area contributed by atoms with Crippen molar-refractivity contribution >= 4 is 0 Å². The first-order chi connectivity index (χ1) is 5.62. The van der Waals surface area contributed by atoms with E-state index in [1.807, 2.05) is 0 Å². The third-order valence-electron chi connectivity index (χ3n) is 2.20. The Kier molecular flexibility index (Phi) is 4.40. The standard InChI is InChI=1S/C11H24NO/c1-10(2,3)7-8-11(4,5)9-12(6)13/h7-9H2,1-6H3. The van der Waals surface area contributed by atoms with Crippen LogP contribution in [0.5, 0.6) is 0 Å². The Balaban J connectivity index is 3.89. The van der Waals surface area contributed by atoms with E-state index in [1.54, 1.807) is 7.05 Å². The van der Waals surface area contributed by atoms with Crippen LogP contribution in [0.4, 0.5) is 0 Å². The van der Waals surface area contributed by atoms with E-state index >= 15 is 0 Å². The summed E-state index contributed by atoms with van der Waals surface area (Å²) in [5.41, 5.74) is 0.516. The lowest BCUT2D eigenvalue weighted by atomic mass is 9.80. The Hall–Kier alpha value is -0.0800. The number of hydroxylamine groups is 2. The van der Waals surface area contributed by atoms with Crippen LogP contribution in [0.3, 0.4) is 0 Å². The fourth-order valence-electron chi connectivity index (χ4n) is 1.40. The summed E-state index contributed by atoms with van der Waals surface area (Å²) in [5.74, 6) is 0. The average molecular weight is 186 g/mol. The van der Waals surface area contributed by atoms with Crippen LogP contribution in [0.1, 0.15) is 47.5 Å². The summed E-state index contributed by atoms with van der Waals surface area (Å²) < 4.78 is 0. The second-order valence-corrected chi connectivity index (χ2v) is 6.01. The molecule has 2 nitrogen and oxygen atoms in total. The van der Waals surface area contributed by atoms with E-state index in [0.29, 0.717) is 12.0 Å². The maximum absolute atomic E-state index is 10.9. The second-order valence-electron chi connectivity index (χ2n) is 6.01. The van der Waals surface area contributed by atoms with Gasteiger partial charge in [0.15, 0.2) is 0 Å². The summed E-state index contributed by atoms with van der Waals surface area (Å²) >= 11 is 0. The van der Waals surface area contributed by atoms with Crippen molar-refractivity contribution in [3.8, 4) is 0 Å². The molecule has 0 spiro atoms. The molecular formula is C11H24NO. The molecule has 0 atom stereocenters. The highest BCUT2D eigenvalue weighted by molar-refractivity contribution is 4.73. The molecule has 13 heavy (non-hydrogen) atoms. The third kappa shape index (κ3) is 8.26. The molecule has 0 aromatic carbocycles. The first-order valence-electron chi connectivity index (χ1n) is 5.01. The Labute approximate surface area is 82.9 Å². The highest BCUT2D eigenvalue weighted by Crippen LogP contribution is 2.30. The van der Waals surface area contributed by atoms with E-state index in [1.165, 1.54) is 6.42 Å². The van der Waals surface area contributed by atoms with Crippen molar-refractivity contribution in [1.82, 2.24) is 5.06 Å².